The van der Waals surface area contributed by atoms with Crippen LogP contribution in [0.2, 0.25) is 0 Å². The molecular formula is C47H58FN9O7. The second kappa shape index (κ2) is 20.5. The van der Waals surface area contributed by atoms with E-state index in [0.717, 1.165) is 87.5 Å². The van der Waals surface area contributed by atoms with E-state index in [0.29, 0.717) is 71.2 Å². The number of aryl methyl sites for hydroxylation is 1. The van der Waals surface area contributed by atoms with Gasteiger partial charge < -0.3 is 31.2 Å². The molecule has 4 aliphatic heterocycles. The predicted octanol–water partition coefficient (Wildman–Crippen LogP) is 4.31. The molecule has 0 saturated carbocycles. The van der Waals surface area contributed by atoms with Gasteiger partial charge in [-0.3, -0.25) is 48.3 Å². The molecule has 7 rings (SSSR count). The van der Waals surface area contributed by atoms with E-state index in [1.165, 1.54) is 25.2 Å². The van der Waals surface area contributed by atoms with Gasteiger partial charge in [0.25, 0.3) is 29.5 Å². The van der Waals surface area contributed by atoms with Crippen molar-refractivity contribution >= 4 is 64.4 Å². The van der Waals surface area contributed by atoms with Gasteiger partial charge in [0, 0.05) is 87.6 Å². The minimum atomic E-state index is -0.981. The number of aromatic nitrogens is 1. The van der Waals surface area contributed by atoms with Gasteiger partial charge in [-0.25, -0.2) is 4.39 Å². The topological polar surface area (TPSA) is 196 Å². The highest BCUT2D eigenvalue weighted by atomic mass is 19.1. The van der Waals surface area contributed by atoms with Crippen molar-refractivity contribution in [2.75, 3.05) is 76.6 Å². The van der Waals surface area contributed by atoms with Crippen LogP contribution in [0.3, 0.4) is 0 Å². The van der Waals surface area contributed by atoms with Crippen LogP contribution in [0.5, 0.6) is 0 Å². The molecule has 64 heavy (non-hydrogen) atoms. The largest absolute Gasteiger partial charge is 0.384 e. The summed E-state index contributed by atoms with van der Waals surface area (Å²) in [6.45, 7) is 9.91. The van der Waals surface area contributed by atoms with Crippen LogP contribution < -0.4 is 21.3 Å². The number of benzene rings is 2. The fraction of sp³-hybridized carbons (Fsp3) is 0.468. The van der Waals surface area contributed by atoms with Crippen molar-refractivity contribution in [1.29, 1.82) is 0 Å². The van der Waals surface area contributed by atoms with Crippen molar-refractivity contribution in [2.24, 2.45) is 0 Å². The average Bonchev–Trinajstić information content (AvgIpc) is 3.84. The maximum absolute atomic E-state index is 13.9. The summed E-state index contributed by atoms with van der Waals surface area (Å²) in [5, 5.41) is 12.1. The number of hydrogen-bond donors (Lipinski definition) is 5. The van der Waals surface area contributed by atoms with Crippen LogP contribution >= 0.6 is 0 Å². The number of hydrogen-bond acceptors (Lipinski definition) is 10. The Balaban J connectivity index is 0.715. The number of carbonyl (C=O) groups is 7. The molecule has 0 aliphatic carbocycles. The van der Waals surface area contributed by atoms with E-state index >= 15 is 0 Å². The number of likely N-dealkylation sites (N-methyl/N-ethyl adjacent to an activating group) is 1. The van der Waals surface area contributed by atoms with Gasteiger partial charge in [-0.15, -0.1) is 0 Å². The van der Waals surface area contributed by atoms with E-state index in [2.05, 4.69) is 36.1 Å². The van der Waals surface area contributed by atoms with Crippen molar-refractivity contribution < 1.29 is 38.0 Å². The first kappa shape index (κ1) is 45.8. The fourth-order valence-corrected chi connectivity index (χ4v) is 9.01. The second-order valence-electron chi connectivity index (χ2n) is 17.0. The lowest BCUT2D eigenvalue weighted by Gasteiger charge is -2.34. The Kier molecular flexibility index (Phi) is 14.7. The summed E-state index contributed by atoms with van der Waals surface area (Å²) in [5.41, 5.74) is 5.05. The van der Waals surface area contributed by atoms with Gasteiger partial charge in [-0.1, -0.05) is 31.7 Å². The maximum Gasteiger partial charge on any atom is 0.264 e. The highest BCUT2D eigenvalue weighted by molar-refractivity contribution is 6.35. The van der Waals surface area contributed by atoms with Gasteiger partial charge in [0.1, 0.15) is 11.9 Å². The van der Waals surface area contributed by atoms with Crippen LogP contribution in [0.25, 0.3) is 11.6 Å². The second-order valence-corrected chi connectivity index (χ2v) is 17.0. The maximum atomic E-state index is 13.9. The van der Waals surface area contributed by atoms with Crippen LogP contribution in [-0.4, -0.2) is 138 Å². The van der Waals surface area contributed by atoms with Gasteiger partial charge in [-0.05, 0) is 88.0 Å². The standard InChI is InChI=1S/C47H58FN9O7/c1-29-37(27-34-33-26-31(48)14-15-35(33)53-43(34)60)52-30(2)41(29)44(61)51-20-11-21-55-22-24-56(25-23-55)28-39(58)50-19-9-7-5-4-6-8-18-49-36-13-10-12-32-42(36)47(64)57(45(32)62)38-16-17-40(59)54(3)46(38)63/h10,12-15,26-27,38,49,52H,4-9,11,16-25,28H2,1-3H3,(H,50,58)(H,51,61)(H,53,60)/b34-27-. The Hall–Kier alpha value is -6.20. The lowest BCUT2D eigenvalue weighted by atomic mass is 10.0. The molecule has 0 radical (unpaired) electrons. The molecule has 7 amide bonds. The number of imide groups is 2. The molecule has 5 heterocycles. The minimum absolute atomic E-state index is 0.0330. The van der Waals surface area contributed by atoms with E-state index in [9.17, 15) is 38.0 Å². The number of likely N-dealkylation sites (tertiary alicyclic amines) is 1. The fourth-order valence-electron chi connectivity index (χ4n) is 9.01. The van der Waals surface area contributed by atoms with Crippen molar-refractivity contribution in [2.45, 2.75) is 77.7 Å². The van der Waals surface area contributed by atoms with Crippen molar-refractivity contribution in [1.82, 2.24) is 35.2 Å². The monoisotopic (exact) mass is 879 g/mol. The number of anilines is 2. The SMILES string of the molecule is Cc1[nH]c(/C=C2\C(=O)Nc3ccc(F)cc32)c(C)c1C(=O)NCCCN1CCN(CC(=O)NCCCCCCCCNc2cccc3c2C(=O)N(C2CCC(=O)N(C)C2=O)C3=O)CC1. The number of unbranched alkanes of at least 4 members (excludes halogenated alkanes) is 5. The summed E-state index contributed by atoms with van der Waals surface area (Å²) < 4.78 is 13.9. The summed E-state index contributed by atoms with van der Waals surface area (Å²) in [4.78, 5) is 99.4. The first-order valence-electron chi connectivity index (χ1n) is 22.4. The summed E-state index contributed by atoms with van der Waals surface area (Å²) in [5.74, 6) is -2.79. The molecule has 340 valence electrons. The third-order valence-electron chi connectivity index (χ3n) is 12.6. The lowest BCUT2D eigenvalue weighted by Crippen LogP contribution is -2.54. The zero-order valence-corrected chi connectivity index (χ0v) is 36.9. The van der Waals surface area contributed by atoms with Gasteiger partial charge in [0.05, 0.1) is 28.8 Å². The molecule has 2 aromatic carbocycles. The molecule has 1 atom stereocenters. The van der Waals surface area contributed by atoms with Crippen LogP contribution in [0, 0.1) is 19.7 Å². The lowest BCUT2D eigenvalue weighted by molar-refractivity contribution is -0.149. The molecule has 5 N–H and O–H groups in total. The molecule has 17 heteroatoms. The van der Waals surface area contributed by atoms with E-state index in [1.54, 1.807) is 24.3 Å². The number of carbonyl (C=O) groups excluding carboxylic acids is 7. The van der Waals surface area contributed by atoms with E-state index in [-0.39, 0.29) is 47.6 Å². The zero-order valence-electron chi connectivity index (χ0n) is 36.9. The molecule has 0 bridgehead atoms. The van der Waals surface area contributed by atoms with Crippen LogP contribution in [0.4, 0.5) is 15.8 Å². The minimum Gasteiger partial charge on any atom is -0.384 e. The number of rotatable bonds is 19. The third kappa shape index (κ3) is 10.3. The van der Waals surface area contributed by atoms with Crippen LogP contribution in [-0.2, 0) is 19.2 Å². The van der Waals surface area contributed by atoms with Crippen molar-refractivity contribution in [3.8, 4) is 0 Å². The number of fused-ring (bicyclic) bond motifs is 2. The predicted molar refractivity (Wildman–Crippen MR) is 240 cm³/mol. The van der Waals surface area contributed by atoms with Gasteiger partial charge in [0.2, 0.25) is 11.8 Å². The van der Waals surface area contributed by atoms with Crippen molar-refractivity contribution in [3.63, 3.8) is 0 Å². The molecular weight excluding hydrogens is 822 g/mol. The highest BCUT2D eigenvalue weighted by Gasteiger charge is 2.47. The van der Waals surface area contributed by atoms with Crippen molar-refractivity contribution in [3.05, 3.63) is 81.4 Å². The number of piperidine rings is 1. The first-order chi connectivity index (χ1) is 30.8. The van der Waals surface area contributed by atoms with Gasteiger partial charge in [-0.2, -0.15) is 0 Å². The average molecular weight is 880 g/mol. The smallest absolute Gasteiger partial charge is 0.264 e. The molecule has 2 fully saturated rings. The summed E-state index contributed by atoms with van der Waals surface area (Å²) in [6.07, 6.45) is 8.53. The van der Waals surface area contributed by atoms with Gasteiger partial charge >= 0.3 is 0 Å². The number of nitrogens with one attached hydrogen (secondary N) is 5. The molecule has 2 saturated heterocycles. The Bertz CT molecular complexity index is 2350. The zero-order chi connectivity index (χ0) is 45.5. The molecule has 1 aromatic heterocycles. The summed E-state index contributed by atoms with van der Waals surface area (Å²) in [7, 11) is 1.38. The number of aromatic amines is 1. The Morgan fingerprint density at radius 3 is 2.30 bits per heavy atom. The molecule has 16 nitrogen and oxygen atoms in total. The highest BCUT2D eigenvalue weighted by Crippen LogP contribution is 2.35. The van der Waals surface area contributed by atoms with Gasteiger partial charge in [0.15, 0.2) is 0 Å². The van der Waals surface area contributed by atoms with Crippen LogP contribution in [0.1, 0.15) is 111 Å². The number of amides is 7. The van der Waals surface area contributed by atoms with E-state index in [1.807, 2.05) is 13.8 Å². The molecule has 4 aliphatic rings. The summed E-state index contributed by atoms with van der Waals surface area (Å²) >= 11 is 0. The first-order valence-corrected chi connectivity index (χ1v) is 22.4. The number of halogens is 1. The third-order valence-corrected chi connectivity index (χ3v) is 12.6. The summed E-state index contributed by atoms with van der Waals surface area (Å²) in [6, 6.07) is 8.27. The normalized spacial score (nSPS) is 18.5. The molecule has 0 spiro atoms. The number of piperazine rings is 1. The number of H-pyrrole nitrogens is 1. The number of nitrogens with zero attached hydrogens (tertiary/aromatic N) is 4. The van der Waals surface area contributed by atoms with E-state index < -0.39 is 29.6 Å². The Labute approximate surface area is 372 Å². The van der Waals surface area contributed by atoms with Crippen LogP contribution in [0.15, 0.2) is 36.4 Å². The molecule has 1 unspecified atom stereocenters. The van der Waals surface area contributed by atoms with E-state index in [4.69, 9.17) is 0 Å². The molecule has 3 aromatic rings. The Morgan fingerprint density at radius 1 is 0.828 bits per heavy atom. The Morgan fingerprint density at radius 2 is 1.53 bits per heavy atom. The quantitative estimate of drug-likeness (QED) is 0.0658.